The SMILES string of the molecule is Cc1n[nH]c2ccc(-c3nnc(NC[C@H](N)Cc4ccc(C(C)C)cc4)s3)cc12. The van der Waals surface area contributed by atoms with E-state index in [1.54, 1.807) is 0 Å². The lowest BCUT2D eigenvalue weighted by molar-refractivity contribution is 0.698. The number of hydrogen-bond acceptors (Lipinski definition) is 6. The van der Waals surface area contributed by atoms with Crippen LogP contribution >= 0.6 is 11.3 Å². The largest absolute Gasteiger partial charge is 0.359 e. The molecule has 2 aromatic carbocycles. The van der Waals surface area contributed by atoms with Crippen LogP contribution in [-0.2, 0) is 6.42 Å². The van der Waals surface area contributed by atoms with E-state index < -0.39 is 0 Å². The Balaban J connectivity index is 1.36. The topological polar surface area (TPSA) is 92.5 Å². The standard InChI is InChI=1S/C22H26N6S/c1-13(2)16-6-4-15(5-7-16)10-18(23)12-24-22-28-27-21(29-22)17-8-9-20-19(11-17)14(3)25-26-20/h4-9,11,13,18H,10,12,23H2,1-3H3,(H,24,28)(H,25,26)/t18-/m1/s1. The van der Waals surface area contributed by atoms with E-state index >= 15 is 0 Å². The van der Waals surface area contributed by atoms with Gasteiger partial charge in [-0.2, -0.15) is 5.10 Å². The summed E-state index contributed by atoms with van der Waals surface area (Å²) in [7, 11) is 0. The predicted octanol–water partition coefficient (Wildman–Crippen LogP) is 4.50. The van der Waals surface area contributed by atoms with Gasteiger partial charge in [0.05, 0.1) is 11.2 Å². The van der Waals surface area contributed by atoms with Crippen molar-refractivity contribution >= 4 is 27.4 Å². The molecule has 6 nitrogen and oxygen atoms in total. The fourth-order valence-corrected chi connectivity index (χ4v) is 4.07. The van der Waals surface area contributed by atoms with Crippen LogP contribution in [0.2, 0.25) is 0 Å². The number of aryl methyl sites for hydroxylation is 1. The first-order chi connectivity index (χ1) is 14.0. The summed E-state index contributed by atoms with van der Waals surface area (Å²) in [5, 5.41) is 22.0. The molecule has 4 rings (SSSR count). The monoisotopic (exact) mass is 406 g/mol. The second-order valence-corrected chi connectivity index (χ2v) is 8.70. The van der Waals surface area contributed by atoms with Crippen LogP contribution in [0, 0.1) is 6.92 Å². The number of anilines is 1. The van der Waals surface area contributed by atoms with Crippen molar-refractivity contribution in [3.63, 3.8) is 0 Å². The highest BCUT2D eigenvalue weighted by Crippen LogP contribution is 2.29. The molecule has 0 aliphatic carbocycles. The van der Waals surface area contributed by atoms with Gasteiger partial charge in [0.25, 0.3) is 0 Å². The average Bonchev–Trinajstić information content (AvgIpc) is 3.34. The smallest absolute Gasteiger partial charge is 0.206 e. The average molecular weight is 407 g/mol. The van der Waals surface area contributed by atoms with Crippen molar-refractivity contribution in [1.29, 1.82) is 0 Å². The zero-order valence-electron chi connectivity index (χ0n) is 16.9. The molecule has 4 aromatic rings. The Hall–Kier alpha value is -2.77. The van der Waals surface area contributed by atoms with Gasteiger partial charge < -0.3 is 11.1 Å². The number of hydrogen-bond donors (Lipinski definition) is 3. The number of H-pyrrole nitrogens is 1. The summed E-state index contributed by atoms with van der Waals surface area (Å²) in [6.07, 6.45) is 0.827. The van der Waals surface area contributed by atoms with Crippen molar-refractivity contribution in [3.05, 3.63) is 59.3 Å². The molecule has 1 atom stereocenters. The van der Waals surface area contributed by atoms with Crippen molar-refractivity contribution in [2.24, 2.45) is 5.73 Å². The van der Waals surface area contributed by atoms with E-state index in [2.05, 4.69) is 69.9 Å². The first-order valence-corrected chi connectivity index (χ1v) is 10.7. The Morgan fingerprint density at radius 1 is 1.10 bits per heavy atom. The summed E-state index contributed by atoms with van der Waals surface area (Å²) in [6, 6.07) is 14.9. The number of aromatic nitrogens is 4. The highest BCUT2D eigenvalue weighted by atomic mass is 32.1. The van der Waals surface area contributed by atoms with E-state index in [1.165, 1.54) is 22.5 Å². The van der Waals surface area contributed by atoms with Gasteiger partial charge in [-0.1, -0.05) is 49.4 Å². The molecule has 0 bridgehead atoms. The second-order valence-electron chi connectivity index (χ2n) is 7.72. The molecule has 0 amide bonds. The lowest BCUT2D eigenvalue weighted by Crippen LogP contribution is -2.31. The second kappa shape index (κ2) is 8.31. The molecule has 0 aliphatic rings. The third-order valence-electron chi connectivity index (χ3n) is 5.09. The molecular formula is C22H26N6S. The molecule has 0 saturated carbocycles. The van der Waals surface area contributed by atoms with E-state index in [-0.39, 0.29) is 6.04 Å². The van der Waals surface area contributed by atoms with Crippen LogP contribution in [0.4, 0.5) is 5.13 Å². The maximum atomic E-state index is 6.32. The van der Waals surface area contributed by atoms with Crippen LogP contribution < -0.4 is 11.1 Å². The van der Waals surface area contributed by atoms with Crippen LogP contribution in [0.1, 0.15) is 36.6 Å². The fraction of sp³-hybridized carbons (Fsp3) is 0.318. The van der Waals surface area contributed by atoms with Gasteiger partial charge >= 0.3 is 0 Å². The van der Waals surface area contributed by atoms with Gasteiger partial charge in [-0.15, -0.1) is 10.2 Å². The van der Waals surface area contributed by atoms with Gasteiger partial charge in [-0.05, 0) is 48.6 Å². The van der Waals surface area contributed by atoms with E-state index in [1.807, 2.05) is 19.1 Å². The molecule has 0 fully saturated rings. The number of nitrogens with zero attached hydrogens (tertiary/aromatic N) is 3. The first kappa shape index (κ1) is 19.5. The molecule has 150 valence electrons. The number of nitrogens with one attached hydrogen (secondary N) is 2. The number of aromatic amines is 1. The third kappa shape index (κ3) is 4.46. The van der Waals surface area contributed by atoms with Crippen LogP contribution in [0.15, 0.2) is 42.5 Å². The highest BCUT2D eigenvalue weighted by Gasteiger charge is 2.11. The summed E-state index contributed by atoms with van der Waals surface area (Å²) >= 11 is 1.54. The van der Waals surface area contributed by atoms with Crippen molar-refractivity contribution in [2.75, 3.05) is 11.9 Å². The van der Waals surface area contributed by atoms with Gasteiger partial charge in [0.15, 0.2) is 0 Å². The molecule has 4 N–H and O–H groups in total. The highest BCUT2D eigenvalue weighted by molar-refractivity contribution is 7.18. The van der Waals surface area contributed by atoms with Crippen molar-refractivity contribution in [3.8, 4) is 10.6 Å². The minimum absolute atomic E-state index is 0.0113. The molecule has 0 saturated heterocycles. The minimum Gasteiger partial charge on any atom is -0.359 e. The maximum absolute atomic E-state index is 6.32. The van der Waals surface area contributed by atoms with E-state index in [0.717, 1.165) is 38.7 Å². The van der Waals surface area contributed by atoms with Gasteiger partial charge in [-0.25, -0.2) is 0 Å². The third-order valence-corrected chi connectivity index (χ3v) is 6.02. The van der Waals surface area contributed by atoms with Gasteiger partial charge in [0, 0.05) is 23.5 Å². The van der Waals surface area contributed by atoms with Crippen molar-refractivity contribution in [2.45, 2.75) is 39.2 Å². The normalized spacial score (nSPS) is 12.6. The Morgan fingerprint density at radius 3 is 2.66 bits per heavy atom. The lowest BCUT2D eigenvalue weighted by atomic mass is 9.99. The fourth-order valence-electron chi connectivity index (χ4n) is 3.32. The van der Waals surface area contributed by atoms with Gasteiger partial charge in [0.2, 0.25) is 5.13 Å². The molecule has 0 unspecified atom stereocenters. The Kier molecular flexibility index (Phi) is 5.60. The zero-order valence-corrected chi connectivity index (χ0v) is 17.8. The van der Waals surface area contributed by atoms with E-state index in [0.29, 0.717) is 12.5 Å². The summed E-state index contributed by atoms with van der Waals surface area (Å²) in [6.45, 7) is 7.05. The maximum Gasteiger partial charge on any atom is 0.206 e. The first-order valence-electron chi connectivity index (χ1n) is 9.86. The number of nitrogens with two attached hydrogens (primary N) is 1. The van der Waals surface area contributed by atoms with Crippen LogP contribution in [0.5, 0.6) is 0 Å². The number of fused-ring (bicyclic) bond motifs is 1. The lowest BCUT2D eigenvalue weighted by Gasteiger charge is -2.13. The van der Waals surface area contributed by atoms with Gasteiger partial charge in [-0.3, -0.25) is 5.10 Å². The summed E-state index contributed by atoms with van der Waals surface area (Å²) < 4.78 is 0. The van der Waals surface area contributed by atoms with Gasteiger partial charge in [0.1, 0.15) is 5.01 Å². The summed E-state index contributed by atoms with van der Waals surface area (Å²) in [5.41, 5.74) is 12.0. The summed E-state index contributed by atoms with van der Waals surface area (Å²) in [5.74, 6) is 0.545. The number of rotatable bonds is 7. The molecule has 2 heterocycles. The minimum atomic E-state index is 0.0113. The van der Waals surface area contributed by atoms with E-state index in [4.69, 9.17) is 5.73 Å². The Bertz CT molecular complexity index is 1100. The van der Waals surface area contributed by atoms with Crippen LogP contribution in [0.3, 0.4) is 0 Å². The molecular weight excluding hydrogens is 380 g/mol. The van der Waals surface area contributed by atoms with E-state index in [9.17, 15) is 0 Å². The predicted molar refractivity (Wildman–Crippen MR) is 120 cm³/mol. The molecule has 0 radical (unpaired) electrons. The molecule has 0 spiro atoms. The zero-order chi connectivity index (χ0) is 20.4. The quantitative estimate of drug-likeness (QED) is 0.420. The Labute approximate surface area is 174 Å². The van der Waals surface area contributed by atoms with Crippen molar-refractivity contribution in [1.82, 2.24) is 20.4 Å². The molecule has 29 heavy (non-hydrogen) atoms. The van der Waals surface area contributed by atoms with Crippen LogP contribution in [-0.4, -0.2) is 33.0 Å². The molecule has 0 aliphatic heterocycles. The van der Waals surface area contributed by atoms with Crippen molar-refractivity contribution < 1.29 is 0 Å². The molecule has 2 aromatic heterocycles. The van der Waals surface area contributed by atoms with Crippen LogP contribution in [0.25, 0.3) is 21.5 Å². The Morgan fingerprint density at radius 2 is 1.90 bits per heavy atom. The summed E-state index contributed by atoms with van der Waals surface area (Å²) in [4.78, 5) is 0. The number of benzene rings is 2. The molecule has 7 heteroatoms.